The lowest BCUT2D eigenvalue weighted by Gasteiger charge is -2.35. The minimum absolute atomic E-state index is 0.0709. The van der Waals surface area contributed by atoms with Crippen LogP contribution in [0.2, 0.25) is 0 Å². The summed E-state index contributed by atoms with van der Waals surface area (Å²) in [7, 11) is 1.15. The fourth-order valence-electron chi connectivity index (χ4n) is 3.47. The second kappa shape index (κ2) is 6.73. The molecule has 2 aliphatic heterocycles. The number of carbonyl (C=O) groups excluding carboxylic acids is 3. The summed E-state index contributed by atoms with van der Waals surface area (Å²) in [5.74, 6) is -2.53. The molecule has 3 N–H and O–H groups in total. The van der Waals surface area contributed by atoms with E-state index in [1.54, 1.807) is 25.1 Å². The lowest BCUT2D eigenvalue weighted by atomic mass is 9.67. The molecule has 8 nitrogen and oxygen atoms in total. The molecule has 1 spiro atoms. The topological polar surface area (TPSA) is 117 Å². The third-order valence-corrected chi connectivity index (χ3v) is 4.95. The highest BCUT2D eigenvalue weighted by molar-refractivity contribution is 9.10. The molecular weight excluding hydrogens is 420 g/mol. The minimum atomic E-state index is -1.84. The van der Waals surface area contributed by atoms with Crippen LogP contribution in [0.4, 0.5) is 5.69 Å². The van der Waals surface area contributed by atoms with Crippen molar-refractivity contribution in [1.29, 1.82) is 0 Å². The van der Waals surface area contributed by atoms with Crippen LogP contribution in [0.1, 0.15) is 19.4 Å². The smallest absolute Gasteiger partial charge is 0.340 e. The van der Waals surface area contributed by atoms with Gasteiger partial charge in [-0.05, 0) is 32.0 Å². The number of halogens is 1. The fourth-order valence-corrected chi connectivity index (χ4v) is 3.83. The van der Waals surface area contributed by atoms with Gasteiger partial charge in [0, 0.05) is 15.7 Å². The monoisotopic (exact) mass is 436 g/mol. The number of rotatable bonds is 3. The minimum Gasteiger partial charge on any atom is -0.465 e. The Hall–Kier alpha value is -2.81. The van der Waals surface area contributed by atoms with Gasteiger partial charge in [-0.3, -0.25) is 4.79 Å². The van der Waals surface area contributed by atoms with E-state index in [0.29, 0.717) is 15.7 Å². The molecule has 2 heterocycles. The largest absolute Gasteiger partial charge is 0.465 e. The number of anilines is 1. The van der Waals surface area contributed by atoms with Crippen molar-refractivity contribution in [3.63, 3.8) is 0 Å². The molecule has 1 aromatic rings. The zero-order valence-electron chi connectivity index (χ0n) is 14.8. The zero-order valence-corrected chi connectivity index (χ0v) is 16.4. The summed E-state index contributed by atoms with van der Waals surface area (Å²) < 4.78 is 16.1. The van der Waals surface area contributed by atoms with Gasteiger partial charge in [0.1, 0.15) is 22.3 Å². The molecule has 1 amide bonds. The van der Waals surface area contributed by atoms with Gasteiger partial charge in [0.25, 0.3) is 0 Å². The first-order valence-corrected chi connectivity index (χ1v) is 8.84. The maximum Gasteiger partial charge on any atom is 0.340 e. The molecule has 0 unspecified atom stereocenters. The molecule has 1 atom stereocenters. The second-order valence-electron chi connectivity index (χ2n) is 5.88. The van der Waals surface area contributed by atoms with E-state index in [1.165, 1.54) is 6.92 Å². The molecule has 0 saturated heterocycles. The Morgan fingerprint density at radius 3 is 2.63 bits per heavy atom. The van der Waals surface area contributed by atoms with E-state index in [-0.39, 0.29) is 29.4 Å². The molecule has 9 heteroatoms. The molecule has 2 aliphatic rings. The van der Waals surface area contributed by atoms with E-state index >= 15 is 0 Å². The number of methoxy groups -OCH3 is 1. The lowest BCUT2D eigenvalue weighted by molar-refractivity contribution is -0.142. The van der Waals surface area contributed by atoms with Gasteiger partial charge >= 0.3 is 11.9 Å². The van der Waals surface area contributed by atoms with Crippen LogP contribution in [-0.4, -0.2) is 31.6 Å². The number of amides is 1. The van der Waals surface area contributed by atoms with Gasteiger partial charge in [0.15, 0.2) is 0 Å². The number of fused-ring (bicyclic) bond motifs is 2. The van der Waals surface area contributed by atoms with E-state index < -0.39 is 23.3 Å². The number of ether oxygens (including phenoxy) is 3. The van der Waals surface area contributed by atoms with Crippen LogP contribution in [0.15, 0.2) is 45.5 Å². The van der Waals surface area contributed by atoms with Crippen molar-refractivity contribution in [3.05, 3.63) is 51.0 Å². The zero-order chi connectivity index (χ0) is 19.9. The Morgan fingerprint density at radius 2 is 2.00 bits per heavy atom. The molecule has 1 aromatic carbocycles. The van der Waals surface area contributed by atoms with Crippen molar-refractivity contribution in [3.8, 4) is 0 Å². The van der Waals surface area contributed by atoms with Crippen LogP contribution in [0.3, 0.4) is 0 Å². The highest BCUT2D eigenvalue weighted by Crippen LogP contribution is 2.52. The highest BCUT2D eigenvalue weighted by Gasteiger charge is 2.61. The maximum atomic E-state index is 13.2. The number of esters is 2. The Labute approximate surface area is 163 Å². The third-order valence-electron chi connectivity index (χ3n) is 4.46. The first kappa shape index (κ1) is 19.0. The van der Waals surface area contributed by atoms with Crippen LogP contribution in [0.25, 0.3) is 0 Å². The normalized spacial score (nSPS) is 21.0. The average Bonchev–Trinajstić information content (AvgIpc) is 2.87. The molecule has 0 saturated carbocycles. The van der Waals surface area contributed by atoms with E-state index in [1.807, 2.05) is 0 Å². The van der Waals surface area contributed by atoms with Crippen LogP contribution < -0.4 is 11.1 Å². The van der Waals surface area contributed by atoms with Gasteiger partial charge in [-0.1, -0.05) is 15.9 Å². The predicted molar refractivity (Wildman–Crippen MR) is 98.1 cm³/mol. The van der Waals surface area contributed by atoms with Crippen LogP contribution in [0.5, 0.6) is 0 Å². The van der Waals surface area contributed by atoms with Crippen LogP contribution in [0, 0.1) is 0 Å². The Balaban J connectivity index is 2.43. The summed E-state index contributed by atoms with van der Waals surface area (Å²) in [5, 5.41) is 2.71. The van der Waals surface area contributed by atoms with Gasteiger partial charge in [-0.2, -0.15) is 0 Å². The number of carbonyl (C=O) groups is 3. The summed E-state index contributed by atoms with van der Waals surface area (Å²) in [4.78, 5) is 38.6. The quantitative estimate of drug-likeness (QED) is 0.694. The van der Waals surface area contributed by atoms with Gasteiger partial charge in [0.2, 0.25) is 11.8 Å². The first-order valence-electron chi connectivity index (χ1n) is 8.05. The molecule has 0 aromatic heterocycles. The second-order valence-corrected chi connectivity index (χ2v) is 6.79. The standard InChI is InChI=1S/C18H17BrN2O6/c1-4-26-16(23)12-8(2)27-14(20)13(15(22)25-3)18(12)10-7-9(19)5-6-11(10)21-17(18)24/h5-7H,4,20H2,1-3H3,(H,21,24)/t18-/m0/s1. The Morgan fingerprint density at radius 1 is 1.30 bits per heavy atom. The van der Waals surface area contributed by atoms with Crippen LogP contribution in [-0.2, 0) is 34.0 Å². The van der Waals surface area contributed by atoms with Crippen molar-refractivity contribution in [2.24, 2.45) is 5.73 Å². The number of hydrogen-bond donors (Lipinski definition) is 2. The summed E-state index contributed by atoms with van der Waals surface area (Å²) in [6.07, 6.45) is 0. The average molecular weight is 437 g/mol. The molecule has 0 fully saturated rings. The molecular formula is C18H17BrN2O6. The predicted octanol–water partition coefficient (Wildman–Crippen LogP) is 1.85. The Kier molecular flexibility index (Phi) is 4.73. The fraction of sp³-hybridized carbons (Fsp3) is 0.278. The summed E-state index contributed by atoms with van der Waals surface area (Å²) >= 11 is 3.36. The molecule has 3 rings (SSSR count). The van der Waals surface area contributed by atoms with Crippen LogP contribution >= 0.6 is 15.9 Å². The van der Waals surface area contributed by atoms with Crippen molar-refractivity contribution >= 4 is 39.5 Å². The summed E-state index contributed by atoms with van der Waals surface area (Å²) in [6, 6.07) is 5.02. The van der Waals surface area contributed by atoms with Crippen molar-refractivity contribution < 1.29 is 28.6 Å². The first-order chi connectivity index (χ1) is 12.8. The highest BCUT2D eigenvalue weighted by atomic mass is 79.9. The molecule has 0 aliphatic carbocycles. The summed E-state index contributed by atoms with van der Waals surface area (Å²) in [6.45, 7) is 3.19. The van der Waals surface area contributed by atoms with Gasteiger partial charge in [-0.15, -0.1) is 0 Å². The summed E-state index contributed by atoms with van der Waals surface area (Å²) in [5.41, 5.74) is 4.55. The number of allylic oxidation sites excluding steroid dienone is 1. The van der Waals surface area contributed by atoms with Gasteiger partial charge in [-0.25, -0.2) is 9.59 Å². The van der Waals surface area contributed by atoms with Crippen molar-refractivity contribution in [1.82, 2.24) is 0 Å². The molecule has 27 heavy (non-hydrogen) atoms. The SMILES string of the molecule is CCOC(=O)C1=C(C)OC(N)=C(C(=O)OC)[C@@]12C(=O)Nc1ccc(Br)cc12. The van der Waals surface area contributed by atoms with Gasteiger partial charge in [0.05, 0.1) is 13.7 Å². The van der Waals surface area contributed by atoms with E-state index in [2.05, 4.69) is 21.2 Å². The number of nitrogens with one attached hydrogen (secondary N) is 1. The maximum absolute atomic E-state index is 13.2. The van der Waals surface area contributed by atoms with Crippen molar-refractivity contribution in [2.45, 2.75) is 19.3 Å². The lowest BCUT2D eigenvalue weighted by Crippen LogP contribution is -2.48. The number of hydrogen-bond acceptors (Lipinski definition) is 7. The number of benzene rings is 1. The van der Waals surface area contributed by atoms with E-state index in [0.717, 1.165) is 7.11 Å². The van der Waals surface area contributed by atoms with Crippen molar-refractivity contribution in [2.75, 3.05) is 19.0 Å². The van der Waals surface area contributed by atoms with E-state index in [9.17, 15) is 14.4 Å². The number of nitrogens with two attached hydrogens (primary N) is 1. The third kappa shape index (κ3) is 2.61. The van der Waals surface area contributed by atoms with Gasteiger partial charge < -0.3 is 25.3 Å². The van der Waals surface area contributed by atoms with E-state index in [4.69, 9.17) is 19.9 Å². The molecule has 142 valence electrons. The molecule has 0 radical (unpaired) electrons. The Bertz CT molecular complexity index is 936. The molecule has 0 bridgehead atoms.